The van der Waals surface area contributed by atoms with E-state index in [0.29, 0.717) is 17.1 Å². The van der Waals surface area contributed by atoms with Gasteiger partial charge in [0.2, 0.25) is 0 Å². The van der Waals surface area contributed by atoms with Gasteiger partial charge in [0.1, 0.15) is 11.4 Å². The van der Waals surface area contributed by atoms with Crippen LogP contribution in [0.5, 0.6) is 0 Å². The summed E-state index contributed by atoms with van der Waals surface area (Å²) in [7, 11) is 6.13. The number of hydrogen-bond acceptors (Lipinski definition) is 6. The van der Waals surface area contributed by atoms with Gasteiger partial charge in [-0.15, -0.1) is 0 Å². The Bertz CT molecular complexity index is 727. The third kappa shape index (κ3) is 3.31. The Morgan fingerprint density at radius 1 is 1.00 bits per heavy atom. The van der Waals surface area contributed by atoms with Gasteiger partial charge in [-0.05, 0) is 6.07 Å². The Morgan fingerprint density at radius 3 is 2.13 bits per heavy atom. The van der Waals surface area contributed by atoms with Crippen molar-refractivity contribution < 1.29 is 19.1 Å². The van der Waals surface area contributed by atoms with Crippen molar-refractivity contribution in [3.05, 3.63) is 47.5 Å². The second-order valence-electron chi connectivity index (χ2n) is 5.00. The van der Waals surface area contributed by atoms with Gasteiger partial charge in [0, 0.05) is 19.7 Å². The first-order valence-corrected chi connectivity index (χ1v) is 6.94. The second-order valence-corrected chi connectivity index (χ2v) is 5.00. The second kappa shape index (κ2) is 6.91. The molecule has 0 N–H and O–H groups in total. The van der Waals surface area contributed by atoms with Crippen molar-refractivity contribution in [3.8, 4) is 11.3 Å². The van der Waals surface area contributed by atoms with Crippen molar-refractivity contribution >= 4 is 17.8 Å². The first-order chi connectivity index (χ1) is 11.0. The summed E-state index contributed by atoms with van der Waals surface area (Å²) in [6, 6.07) is 10.7. The van der Waals surface area contributed by atoms with Crippen LogP contribution in [0.15, 0.2) is 36.4 Å². The number of hydrogen-bond donors (Lipinski definition) is 0. The number of aromatic nitrogens is 1. The molecule has 1 aromatic heterocycles. The van der Waals surface area contributed by atoms with E-state index in [1.54, 1.807) is 19.0 Å². The molecule has 0 spiro atoms. The maximum atomic E-state index is 12.2. The van der Waals surface area contributed by atoms with Crippen LogP contribution in [0.2, 0.25) is 0 Å². The number of ether oxygens (including phenoxy) is 2. The van der Waals surface area contributed by atoms with Crippen LogP contribution in [0, 0.1) is 0 Å². The van der Waals surface area contributed by atoms with E-state index in [-0.39, 0.29) is 11.1 Å². The van der Waals surface area contributed by atoms with Gasteiger partial charge in [-0.3, -0.25) is 0 Å². The van der Waals surface area contributed by atoms with Crippen molar-refractivity contribution in [1.29, 1.82) is 0 Å². The fraction of sp³-hybridized carbons (Fsp3) is 0.235. The molecular weight excluding hydrogens is 296 g/mol. The van der Waals surface area contributed by atoms with Gasteiger partial charge in [-0.2, -0.15) is 0 Å². The highest BCUT2D eigenvalue weighted by Gasteiger charge is 2.26. The number of carbonyl (C=O) groups is 2. The Labute approximate surface area is 134 Å². The molecule has 6 nitrogen and oxygen atoms in total. The van der Waals surface area contributed by atoms with Gasteiger partial charge in [0.15, 0.2) is 0 Å². The molecule has 0 amide bonds. The van der Waals surface area contributed by atoms with E-state index in [2.05, 4.69) is 4.98 Å². The summed E-state index contributed by atoms with van der Waals surface area (Å²) in [5, 5.41) is 0. The van der Waals surface area contributed by atoms with E-state index in [1.165, 1.54) is 20.3 Å². The molecule has 2 rings (SSSR count). The molecular formula is C17H18N2O4. The molecule has 0 saturated carbocycles. The van der Waals surface area contributed by atoms with E-state index in [4.69, 9.17) is 9.47 Å². The molecule has 23 heavy (non-hydrogen) atoms. The maximum Gasteiger partial charge on any atom is 0.340 e. The number of rotatable bonds is 4. The maximum absolute atomic E-state index is 12.2. The highest BCUT2D eigenvalue weighted by atomic mass is 16.5. The normalized spacial score (nSPS) is 10.1. The zero-order valence-corrected chi connectivity index (χ0v) is 13.5. The fourth-order valence-electron chi connectivity index (χ4n) is 2.15. The molecule has 0 fully saturated rings. The minimum absolute atomic E-state index is 0.0937. The summed E-state index contributed by atoms with van der Waals surface area (Å²) in [4.78, 5) is 30.6. The first kappa shape index (κ1) is 16.5. The van der Waals surface area contributed by atoms with Crippen LogP contribution >= 0.6 is 0 Å². The Balaban J connectivity index is 2.83. The van der Waals surface area contributed by atoms with E-state index in [9.17, 15) is 9.59 Å². The molecule has 2 aromatic rings. The van der Waals surface area contributed by atoms with Gasteiger partial charge in [-0.25, -0.2) is 14.6 Å². The summed E-state index contributed by atoms with van der Waals surface area (Å²) >= 11 is 0. The van der Waals surface area contributed by atoms with Crippen LogP contribution in [-0.2, 0) is 9.47 Å². The zero-order valence-electron chi connectivity index (χ0n) is 13.5. The molecule has 6 heteroatoms. The molecule has 1 heterocycles. The Morgan fingerprint density at radius 2 is 1.61 bits per heavy atom. The topological polar surface area (TPSA) is 68.7 Å². The number of benzene rings is 1. The molecule has 0 aliphatic rings. The number of nitrogens with zero attached hydrogens (tertiary/aromatic N) is 2. The quantitative estimate of drug-likeness (QED) is 0.807. The minimum Gasteiger partial charge on any atom is -0.465 e. The summed E-state index contributed by atoms with van der Waals surface area (Å²) in [5.41, 5.74) is 1.30. The van der Waals surface area contributed by atoms with E-state index in [0.717, 1.165) is 0 Å². The molecule has 0 bridgehead atoms. The van der Waals surface area contributed by atoms with Crippen molar-refractivity contribution in [2.75, 3.05) is 33.2 Å². The van der Waals surface area contributed by atoms with Crippen LogP contribution in [0.1, 0.15) is 20.7 Å². The largest absolute Gasteiger partial charge is 0.465 e. The van der Waals surface area contributed by atoms with Crippen molar-refractivity contribution in [2.45, 2.75) is 0 Å². The predicted molar refractivity (Wildman–Crippen MR) is 86.7 cm³/mol. The molecule has 0 atom stereocenters. The molecule has 0 saturated heterocycles. The molecule has 0 radical (unpaired) electrons. The number of esters is 2. The third-order valence-electron chi connectivity index (χ3n) is 3.31. The SMILES string of the molecule is COC(=O)c1cc(N(C)C)nc(-c2ccccc2)c1C(=O)OC. The Kier molecular flexibility index (Phi) is 4.95. The minimum atomic E-state index is -0.637. The number of carbonyl (C=O) groups excluding carboxylic acids is 2. The third-order valence-corrected chi connectivity index (χ3v) is 3.31. The van der Waals surface area contributed by atoms with E-state index >= 15 is 0 Å². The van der Waals surface area contributed by atoms with Crippen LogP contribution < -0.4 is 4.90 Å². The molecule has 0 aliphatic carbocycles. The summed E-state index contributed by atoms with van der Waals surface area (Å²) in [5.74, 6) is -0.716. The molecule has 1 aromatic carbocycles. The van der Waals surface area contributed by atoms with Gasteiger partial charge >= 0.3 is 11.9 Å². The van der Waals surface area contributed by atoms with Gasteiger partial charge in [0.05, 0.1) is 25.5 Å². The standard InChI is InChI=1S/C17H18N2O4/c1-19(2)13-10-12(16(20)22-3)14(17(21)23-4)15(18-13)11-8-6-5-7-9-11/h5-10H,1-4H3. The number of anilines is 1. The highest BCUT2D eigenvalue weighted by molar-refractivity contribution is 6.07. The van der Waals surface area contributed by atoms with Crippen molar-refractivity contribution in [3.63, 3.8) is 0 Å². The zero-order chi connectivity index (χ0) is 17.0. The highest BCUT2D eigenvalue weighted by Crippen LogP contribution is 2.29. The van der Waals surface area contributed by atoms with Gasteiger partial charge < -0.3 is 14.4 Å². The van der Waals surface area contributed by atoms with Crippen LogP contribution in [0.3, 0.4) is 0 Å². The lowest BCUT2D eigenvalue weighted by molar-refractivity contribution is 0.0555. The summed E-state index contributed by atoms with van der Waals surface area (Å²) in [6.45, 7) is 0. The molecule has 0 aliphatic heterocycles. The van der Waals surface area contributed by atoms with E-state index in [1.807, 2.05) is 30.3 Å². The monoisotopic (exact) mass is 314 g/mol. The summed E-state index contributed by atoms with van der Waals surface area (Å²) < 4.78 is 9.64. The van der Waals surface area contributed by atoms with Gasteiger partial charge in [0.25, 0.3) is 0 Å². The fourth-order valence-corrected chi connectivity index (χ4v) is 2.15. The van der Waals surface area contributed by atoms with Crippen molar-refractivity contribution in [1.82, 2.24) is 4.98 Å². The Hall–Kier alpha value is -2.89. The smallest absolute Gasteiger partial charge is 0.340 e. The predicted octanol–water partition coefficient (Wildman–Crippen LogP) is 2.39. The number of pyridine rings is 1. The van der Waals surface area contributed by atoms with Gasteiger partial charge in [-0.1, -0.05) is 30.3 Å². The van der Waals surface area contributed by atoms with Crippen molar-refractivity contribution in [2.24, 2.45) is 0 Å². The van der Waals surface area contributed by atoms with Crippen LogP contribution in [0.25, 0.3) is 11.3 Å². The van der Waals surface area contributed by atoms with Crippen LogP contribution in [-0.4, -0.2) is 45.2 Å². The lowest BCUT2D eigenvalue weighted by Gasteiger charge is -2.17. The summed E-state index contributed by atoms with van der Waals surface area (Å²) in [6.07, 6.45) is 0. The average Bonchev–Trinajstić information content (AvgIpc) is 2.59. The first-order valence-electron chi connectivity index (χ1n) is 6.94. The molecule has 120 valence electrons. The number of methoxy groups -OCH3 is 2. The van der Waals surface area contributed by atoms with E-state index < -0.39 is 11.9 Å². The average molecular weight is 314 g/mol. The lowest BCUT2D eigenvalue weighted by atomic mass is 10.0. The van der Waals surface area contributed by atoms with Crippen LogP contribution in [0.4, 0.5) is 5.82 Å². The molecule has 0 unspecified atom stereocenters. The lowest BCUT2D eigenvalue weighted by Crippen LogP contribution is -2.18.